The van der Waals surface area contributed by atoms with Gasteiger partial charge in [0.2, 0.25) is 5.91 Å². The Hall–Kier alpha value is -1.93. The average Bonchev–Trinajstić information content (AvgIpc) is 2.57. The number of aromatic nitrogens is 1. The van der Waals surface area contributed by atoms with Gasteiger partial charge in [0, 0.05) is 17.2 Å². The molecule has 0 spiro atoms. The number of pyridine rings is 1. The molecule has 7 nitrogen and oxygen atoms in total. The van der Waals surface area contributed by atoms with Crippen molar-refractivity contribution in [3.05, 3.63) is 35.8 Å². The molecule has 26 heavy (non-hydrogen) atoms. The maximum absolute atomic E-state index is 12.9. The Morgan fingerprint density at radius 2 is 2.12 bits per heavy atom. The van der Waals surface area contributed by atoms with E-state index in [0.717, 1.165) is 4.90 Å². The number of carbonyl (C=O) groups excluding carboxylic acids is 2. The van der Waals surface area contributed by atoms with Gasteiger partial charge in [-0.05, 0) is 12.1 Å². The van der Waals surface area contributed by atoms with E-state index in [1.54, 1.807) is 39.1 Å². The second-order valence-corrected chi connectivity index (χ2v) is 9.88. The second kappa shape index (κ2) is 6.35. The first-order chi connectivity index (χ1) is 12.0. The summed E-state index contributed by atoms with van der Waals surface area (Å²) in [5.74, 6) is -0.833. The fraction of sp³-hybridized carbons (Fsp3) is 0.471. The third kappa shape index (κ3) is 3.12. The van der Waals surface area contributed by atoms with Crippen molar-refractivity contribution in [3.63, 3.8) is 0 Å². The molecule has 1 amide bonds. The molecular formula is C17H19ClN2O5S. The Morgan fingerprint density at radius 1 is 1.42 bits per heavy atom. The highest BCUT2D eigenvalue weighted by molar-refractivity contribution is 7.92. The van der Waals surface area contributed by atoms with Crippen molar-refractivity contribution in [1.29, 1.82) is 0 Å². The summed E-state index contributed by atoms with van der Waals surface area (Å²) in [6.45, 7) is 5.00. The highest BCUT2D eigenvalue weighted by Gasteiger charge is 2.59. The molecule has 0 unspecified atom stereocenters. The van der Waals surface area contributed by atoms with Crippen molar-refractivity contribution >= 4 is 33.1 Å². The molecule has 2 atom stereocenters. The van der Waals surface area contributed by atoms with Crippen LogP contribution >= 0.6 is 11.6 Å². The van der Waals surface area contributed by atoms with E-state index in [-0.39, 0.29) is 29.4 Å². The molecule has 1 aromatic heterocycles. The Balaban J connectivity index is 2.03. The SMILES string of the molecule is CC(C)(C)C(=O)C1=C(COc2cccnc2)CS(=O)(=O)[C@H]2[C@@H](Cl)C(=O)N12. The van der Waals surface area contributed by atoms with Crippen LogP contribution in [0.1, 0.15) is 20.8 Å². The quantitative estimate of drug-likeness (QED) is 0.564. The average molecular weight is 399 g/mol. The monoisotopic (exact) mass is 398 g/mol. The lowest BCUT2D eigenvalue weighted by Crippen LogP contribution is -2.68. The number of amides is 1. The van der Waals surface area contributed by atoms with E-state index in [1.807, 2.05) is 0 Å². The minimum Gasteiger partial charge on any atom is -0.488 e. The van der Waals surface area contributed by atoms with Crippen LogP contribution in [0.5, 0.6) is 5.75 Å². The van der Waals surface area contributed by atoms with Gasteiger partial charge in [0.05, 0.1) is 17.6 Å². The van der Waals surface area contributed by atoms with Gasteiger partial charge in [0.1, 0.15) is 17.7 Å². The first kappa shape index (κ1) is 18.8. The van der Waals surface area contributed by atoms with E-state index < -0.39 is 31.9 Å². The number of halogens is 1. The molecule has 0 bridgehead atoms. The number of ether oxygens (including phenoxy) is 1. The fourth-order valence-corrected chi connectivity index (χ4v) is 5.49. The number of carbonyl (C=O) groups is 2. The molecule has 0 radical (unpaired) electrons. The molecule has 0 aliphatic carbocycles. The van der Waals surface area contributed by atoms with Gasteiger partial charge in [-0.1, -0.05) is 20.8 Å². The molecule has 3 heterocycles. The minimum absolute atomic E-state index is 0.0862. The van der Waals surface area contributed by atoms with Crippen LogP contribution < -0.4 is 4.74 Å². The van der Waals surface area contributed by atoms with Crippen molar-refractivity contribution in [2.75, 3.05) is 12.4 Å². The highest BCUT2D eigenvalue weighted by Crippen LogP contribution is 2.41. The topological polar surface area (TPSA) is 93.6 Å². The number of hydrogen-bond acceptors (Lipinski definition) is 6. The molecule has 0 saturated carbocycles. The van der Waals surface area contributed by atoms with Gasteiger partial charge < -0.3 is 4.74 Å². The van der Waals surface area contributed by atoms with Crippen LogP contribution in [0.3, 0.4) is 0 Å². The maximum Gasteiger partial charge on any atom is 0.249 e. The highest BCUT2D eigenvalue weighted by atomic mass is 35.5. The number of allylic oxidation sites excluding steroid dienone is 1. The first-order valence-electron chi connectivity index (χ1n) is 8.02. The predicted molar refractivity (Wildman–Crippen MR) is 95.3 cm³/mol. The zero-order valence-corrected chi connectivity index (χ0v) is 16.2. The number of hydrogen-bond donors (Lipinski definition) is 0. The standard InChI is InChI=1S/C17H19ClN2O5S/c1-17(2,3)14(21)13-10(8-25-11-5-4-6-19-7-11)9-26(23,24)16-12(18)15(22)20(13)16/h4-7,12,16H,8-9H2,1-3H3/t12-,16-/m0/s1. The van der Waals surface area contributed by atoms with Gasteiger partial charge in [-0.25, -0.2) is 8.42 Å². The number of sulfone groups is 1. The van der Waals surface area contributed by atoms with Gasteiger partial charge >= 0.3 is 0 Å². The van der Waals surface area contributed by atoms with E-state index in [2.05, 4.69) is 4.98 Å². The molecule has 140 valence electrons. The minimum atomic E-state index is -3.70. The van der Waals surface area contributed by atoms with Crippen LogP contribution in [-0.4, -0.2) is 53.1 Å². The number of ketones is 1. The number of rotatable bonds is 4. The summed E-state index contributed by atoms with van der Waals surface area (Å²) in [4.78, 5) is 30.1. The smallest absolute Gasteiger partial charge is 0.249 e. The Labute approximate surface area is 156 Å². The largest absolute Gasteiger partial charge is 0.488 e. The molecule has 3 rings (SSSR count). The van der Waals surface area contributed by atoms with Crippen molar-refractivity contribution in [2.45, 2.75) is 31.5 Å². The maximum atomic E-state index is 12.9. The number of β-lactam (4-membered cyclic amide) rings is 1. The third-order valence-electron chi connectivity index (χ3n) is 4.24. The third-order valence-corrected chi connectivity index (χ3v) is 6.79. The lowest BCUT2D eigenvalue weighted by molar-refractivity contribution is -0.142. The van der Waals surface area contributed by atoms with Crippen LogP contribution in [0, 0.1) is 5.41 Å². The summed E-state index contributed by atoms with van der Waals surface area (Å²) in [7, 11) is -3.70. The van der Waals surface area contributed by atoms with Crippen LogP contribution in [0.4, 0.5) is 0 Å². The van der Waals surface area contributed by atoms with Gasteiger partial charge in [-0.2, -0.15) is 0 Å². The van der Waals surface area contributed by atoms with Gasteiger partial charge in [0.25, 0.3) is 0 Å². The Morgan fingerprint density at radius 3 is 2.69 bits per heavy atom. The summed E-state index contributed by atoms with van der Waals surface area (Å²) < 4.78 is 30.7. The summed E-state index contributed by atoms with van der Waals surface area (Å²) in [5, 5.41) is -2.36. The molecule has 1 fully saturated rings. The molecule has 0 aromatic carbocycles. The molecule has 9 heteroatoms. The van der Waals surface area contributed by atoms with E-state index in [9.17, 15) is 18.0 Å². The van der Waals surface area contributed by atoms with Crippen molar-refractivity contribution < 1.29 is 22.7 Å². The molecular weight excluding hydrogens is 380 g/mol. The van der Waals surface area contributed by atoms with Crippen molar-refractivity contribution in [1.82, 2.24) is 9.88 Å². The van der Waals surface area contributed by atoms with Gasteiger partial charge in [-0.15, -0.1) is 11.6 Å². The van der Waals surface area contributed by atoms with Gasteiger partial charge in [-0.3, -0.25) is 19.5 Å². The van der Waals surface area contributed by atoms with E-state index in [0.29, 0.717) is 5.75 Å². The first-order valence-corrected chi connectivity index (χ1v) is 10.2. The summed E-state index contributed by atoms with van der Waals surface area (Å²) >= 11 is 5.92. The Kier molecular flexibility index (Phi) is 4.60. The second-order valence-electron chi connectivity index (χ2n) is 7.32. The number of nitrogens with zero attached hydrogens (tertiary/aromatic N) is 2. The van der Waals surface area contributed by atoms with Crippen molar-refractivity contribution in [3.8, 4) is 5.75 Å². The van der Waals surface area contributed by atoms with Gasteiger partial charge in [0.15, 0.2) is 21.0 Å². The summed E-state index contributed by atoms with van der Waals surface area (Å²) in [6.07, 6.45) is 3.06. The van der Waals surface area contributed by atoms with E-state index in [4.69, 9.17) is 16.3 Å². The Bertz CT molecular complexity index is 889. The molecule has 2 aliphatic rings. The van der Waals surface area contributed by atoms with Crippen LogP contribution in [0.2, 0.25) is 0 Å². The number of alkyl halides is 1. The summed E-state index contributed by atoms with van der Waals surface area (Å²) in [6, 6.07) is 3.35. The van der Waals surface area contributed by atoms with Crippen LogP contribution in [0.25, 0.3) is 0 Å². The van der Waals surface area contributed by atoms with Crippen LogP contribution in [-0.2, 0) is 19.4 Å². The molecule has 1 aromatic rings. The molecule has 1 saturated heterocycles. The normalized spacial score (nSPS) is 24.8. The predicted octanol–water partition coefficient (Wildman–Crippen LogP) is 1.53. The zero-order chi connectivity index (χ0) is 19.3. The number of fused-ring (bicyclic) bond motifs is 1. The van der Waals surface area contributed by atoms with Crippen molar-refractivity contribution in [2.24, 2.45) is 5.41 Å². The fourth-order valence-electron chi connectivity index (χ4n) is 2.91. The van der Waals surface area contributed by atoms with E-state index in [1.165, 1.54) is 6.20 Å². The number of Topliss-reactive ketones (excluding diaryl/α,β-unsaturated/α-hetero) is 1. The lowest BCUT2D eigenvalue weighted by atomic mass is 9.86. The molecule has 2 aliphatic heterocycles. The lowest BCUT2D eigenvalue weighted by Gasteiger charge is -2.48. The summed E-state index contributed by atoms with van der Waals surface area (Å²) in [5.41, 5.74) is -0.455. The van der Waals surface area contributed by atoms with Crippen LogP contribution in [0.15, 0.2) is 35.8 Å². The van der Waals surface area contributed by atoms with E-state index >= 15 is 0 Å². The zero-order valence-electron chi connectivity index (χ0n) is 14.6. The molecule has 0 N–H and O–H groups in total.